The van der Waals surface area contributed by atoms with Crippen molar-refractivity contribution in [3.05, 3.63) is 68.3 Å². The number of carbonyl (C=O) groups excluding carboxylic acids is 1. The van der Waals surface area contributed by atoms with Gasteiger partial charge >= 0.3 is 0 Å². The molecule has 0 aliphatic rings. The lowest BCUT2D eigenvalue weighted by molar-refractivity contribution is -0.385. The molecule has 0 bridgehead atoms. The van der Waals surface area contributed by atoms with Crippen LogP contribution in [0, 0.1) is 10.1 Å². The number of nitro groups is 1. The predicted octanol–water partition coefficient (Wildman–Crippen LogP) is 3.54. The number of hydrogen-bond donors (Lipinski definition) is 2. The number of halogens is 2. The third-order valence-corrected chi connectivity index (χ3v) is 3.57. The Morgan fingerprint density at radius 1 is 1.28 bits per heavy atom. The van der Waals surface area contributed by atoms with Gasteiger partial charge in [0.1, 0.15) is 5.82 Å². The van der Waals surface area contributed by atoms with Gasteiger partial charge in [-0.2, -0.15) is 0 Å². The highest BCUT2D eigenvalue weighted by Crippen LogP contribution is 2.22. The summed E-state index contributed by atoms with van der Waals surface area (Å²) in [6.07, 6.45) is 4.11. The molecule has 9 heteroatoms. The molecule has 25 heavy (non-hydrogen) atoms. The number of hydrogen-bond acceptors (Lipinski definition) is 5. The van der Waals surface area contributed by atoms with Gasteiger partial charge in [0.05, 0.1) is 20.5 Å². The van der Waals surface area contributed by atoms with Crippen molar-refractivity contribution in [2.45, 2.75) is 0 Å². The molecule has 1 amide bonds. The molecule has 1 aromatic heterocycles. The maximum Gasteiger partial charge on any atom is 0.276 e. The van der Waals surface area contributed by atoms with Gasteiger partial charge in [0.25, 0.3) is 5.69 Å². The van der Waals surface area contributed by atoms with Crippen molar-refractivity contribution < 1.29 is 9.72 Å². The van der Waals surface area contributed by atoms with Crippen LogP contribution in [0.25, 0.3) is 6.08 Å². The zero-order valence-electron chi connectivity index (χ0n) is 12.9. The summed E-state index contributed by atoms with van der Waals surface area (Å²) >= 11 is 11.7. The molecule has 0 aliphatic carbocycles. The van der Waals surface area contributed by atoms with Gasteiger partial charge in [-0.05, 0) is 18.2 Å². The molecule has 2 aromatic rings. The second kappa shape index (κ2) is 9.00. The largest absolute Gasteiger partial charge is 0.367 e. The maximum atomic E-state index is 11.8. The van der Waals surface area contributed by atoms with Crippen molar-refractivity contribution in [3.8, 4) is 0 Å². The topological polar surface area (TPSA) is 97.2 Å². The number of nitrogens with zero attached hydrogens (tertiary/aromatic N) is 2. The highest BCUT2D eigenvalue weighted by atomic mass is 35.5. The van der Waals surface area contributed by atoms with Gasteiger partial charge in [0.15, 0.2) is 0 Å². The molecular weight excluding hydrogens is 367 g/mol. The van der Waals surface area contributed by atoms with Crippen molar-refractivity contribution in [3.63, 3.8) is 0 Å². The van der Waals surface area contributed by atoms with Crippen molar-refractivity contribution in [2.24, 2.45) is 0 Å². The number of carbonyl (C=O) groups is 1. The first-order valence-electron chi connectivity index (χ1n) is 7.21. The highest BCUT2D eigenvalue weighted by Gasteiger charge is 2.09. The standard InChI is InChI=1S/C16H14Cl2N4O3/c17-12-9-13(18)16(21-10-12)20-8-7-19-15(23)6-5-11-3-1-2-4-14(11)22(24)25/h1-6,9-10H,7-8H2,(H,19,23)(H,20,21). The maximum absolute atomic E-state index is 11.8. The minimum Gasteiger partial charge on any atom is -0.367 e. The molecule has 7 nitrogen and oxygen atoms in total. The Balaban J connectivity index is 1.82. The molecule has 1 heterocycles. The molecule has 2 rings (SSSR count). The number of para-hydroxylation sites is 1. The second-order valence-corrected chi connectivity index (χ2v) is 5.69. The van der Waals surface area contributed by atoms with Crippen molar-refractivity contribution in [1.29, 1.82) is 0 Å². The number of nitro benzene ring substituents is 1. The van der Waals surface area contributed by atoms with Crippen LogP contribution in [-0.4, -0.2) is 28.9 Å². The number of amides is 1. The molecule has 0 fully saturated rings. The second-order valence-electron chi connectivity index (χ2n) is 4.85. The van der Waals surface area contributed by atoms with Gasteiger partial charge in [-0.1, -0.05) is 35.3 Å². The normalized spacial score (nSPS) is 10.6. The summed E-state index contributed by atoms with van der Waals surface area (Å²) < 4.78 is 0. The van der Waals surface area contributed by atoms with Crippen molar-refractivity contribution in [2.75, 3.05) is 18.4 Å². The van der Waals surface area contributed by atoms with Crippen LogP contribution in [0.15, 0.2) is 42.6 Å². The van der Waals surface area contributed by atoms with Crippen LogP contribution in [0.3, 0.4) is 0 Å². The van der Waals surface area contributed by atoms with Gasteiger partial charge in [-0.3, -0.25) is 14.9 Å². The first-order chi connectivity index (χ1) is 12.0. The fourth-order valence-electron chi connectivity index (χ4n) is 1.93. The fraction of sp³-hybridized carbons (Fsp3) is 0.125. The van der Waals surface area contributed by atoms with Gasteiger partial charge in [-0.15, -0.1) is 0 Å². The van der Waals surface area contributed by atoms with E-state index in [0.717, 1.165) is 0 Å². The number of nitrogens with one attached hydrogen (secondary N) is 2. The summed E-state index contributed by atoms with van der Waals surface area (Å²) in [4.78, 5) is 26.2. The Bertz CT molecular complexity index is 812. The van der Waals surface area contributed by atoms with E-state index in [4.69, 9.17) is 23.2 Å². The Labute approximate surface area is 153 Å². The molecule has 0 saturated carbocycles. The molecule has 0 unspecified atom stereocenters. The lowest BCUT2D eigenvalue weighted by Crippen LogP contribution is -2.27. The van der Waals surface area contributed by atoms with E-state index in [9.17, 15) is 14.9 Å². The fourth-order valence-corrected chi connectivity index (χ4v) is 2.38. The van der Waals surface area contributed by atoms with E-state index in [0.29, 0.717) is 34.5 Å². The van der Waals surface area contributed by atoms with E-state index in [2.05, 4.69) is 15.6 Å². The summed E-state index contributed by atoms with van der Waals surface area (Å²) in [5, 5.41) is 17.3. The van der Waals surface area contributed by atoms with E-state index in [1.807, 2.05) is 0 Å². The van der Waals surface area contributed by atoms with Gasteiger partial charge < -0.3 is 10.6 Å². The van der Waals surface area contributed by atoms with Crippen LogP contribution < -0.4 is 10.6 Å². The smallest absolute Gasteiger partial charge is 0.276 e. The SMILES string of the molecule is O=C(C=Cc1ccccc1[N+](=O)[O-])NCCNc1ncc(Cl)cc1Cl. The van der Waals surface area contributed by atoms with Crippen molar-refractivity contribution >= 4 is 46.7 Å². The number of aromatic nitrogens is 1. The minimum atomic E-state index is -0.496. The van der Waals surface area contributed by atoms with Crippen LogP contribution in [0.2, 0.25) is 10.0 Å². The molecule has 0 aliphatic heterocycles. The summed E-state index contributed by atoms with van der Waals surface area (Å²) in [6.45, 7) is 0.722. The Morgan fingerprint density at radius 3 is 2.76 bits per heavy atom. The predicted molar refractivity (Wildman–Crippen MR) is 97.9 cm³/mol. The lowest BCUT2D eigenvalue weighted by atomic mass is 10.1. The molecule has 1 aromatic carbocycles. The van der Waals surface area contributed by atoms with Gasteiger partial charge in [0, 0.05) is 31.4 Å². The third-order valence-electron chi connectivity index (χ3n) is 3.07. The molecule has 0 atom stereocenters. The van der Waals surface area contributed by atoms with E-state index in [1.165, 1.54) is 24.4 Å². The van der Waals surface area contributed by atoms with Crippen LogP contribution in [-0.2, 0) is 4.79 Å². The zero-order chi connectivity index (χ0) is 18.2. The quantitative estimate of drug-likeness (QED) is 0.331. The molecule has 130 valence electrons. The summed E-state index contributed by atoms with van der Waals surface area (Å²) in [5.41, 5.74) is 0.301. The zero-order valence-corrected chi connectivity index (χ0v) is 14.4. The highest BCUT2D eigenvalue weighted by molar-refractivity contribution is 6.35. The third kappa shape index (κ3) is 5.74. The summed E-state index contributed by atoms with van der Waals surface area (Å²) in [6, 6.07) is 7.74. The number of benzene rings is 1. The van der Waals surface area contributed by atoms with Crippen LogP contribution in [0.1, 0.15) is 5.56 Å². The van der Waals surface area contributed by atoms with Crippen molar-refractivity contribution in [1.82, 2.24) is 10.3 Å². The average molecular weight is 381 g/mol. The lowest BCUT2D eigenvalue weighted by Gasteiger charge is -2.07. The number of pyridine rings is 1. The molecular formula is C16H14Cl2N4O3. The summed E-state index contributed by atoms with van der Waals surface area (Å²) in [5.74, 6) is 0.103. The van der Waals surface area contributed by atoms with E-state index < -0.39 is 4.92 Å². The van der Waals surface area contributed by atoms with E-state index >= 15 is 0 Å². The molecule has 2 N–H and O–H groups in total. The first-order valence-corrected chi connectivity index (χ1v) is 7.97. The van der Waals surface area contributed by atoms with Gasteiger partial charge in [-0.25, -0.2) is 4.98 Å². The van der Waals surface area contributed by atoms with E-state index in [-0.39, 0.29) is 11.6 Å². The Hall–Kier alpha value is -2.64. The number of anilines is 1. The minimum absolute atomic E-state index is 0.0586. The van der Waals surface area contributed by atoms with Gasteiger partial charge in [0.2, 0.25) is 5.91 Å². The number of rotatable bonds is 7. The average Bonchev–Trinajstić information content (AvgIpc) is 2.58. The first kappa shape index (κ1) is 18.7. The van der Waals surface area contributed by atoms with Crippen LogP contribution >= 0.6 is 23.2 Å². The molecule has 0 radical (unpaired) electrons. The molecule has 0 spiro atoms. The Kier molecular flexibility index (Phi) is 6.73. The Morgan fingerprint density at radius 2 is 2.04 bits per heavy atom. The summed E-state index contributed by atoms with van der Waals surface area (Å²) in [7, 11) is 0. The van der Waals surface area contributed by atoms with E-state index in [1.54, 1.807) is 24.3 Å². The monoisotopic (exact) mass is 380 g/mol. The van der Waals surface area contributed by atoms with Crippen LogP contribution in [0.4, 0.5) is 11.5 Å². The molecule has 0 saturated heterocycles. The van der Waals surface area contributed by atoms with Crippen LogP contribution in [0.5, 0.6) is 0 Å².